The van der Waals surface area contributed by atoms with Gasteiger partial charge >= 0.3 is 0 Å². The Hall–Kier alpha value is -4.64. The molecule has 2 amide bonds. The first-order chi connectivity index (χ1) is 18.4. The molecule has 2 atom stereocenters. The van der Waals surface area contributed by atoms with Crippen molar-refractivity contribution in [1.29, 1.82) is 0 Å². The molecule has 2 aliphatic rings. The molecule has 0 bridgehead atoms. The van der Waals surface area contributed by atoms with Crippen LogP contribution in [0.2, 0.25) is 0 Å². The van der Waals surface area contributed by atoms with Gasteiger partial charge in [0.15, 0.2) is 5.82 Å². The van der Waals surface area contributed by atoms with Gasteiger partial charge in [-0.05, 0) is 60.0 Å². The fraction of sp³-hybridized carbons (Fsp3) is 0.259. The highest BCUT2D eigenvalue weighted by atomic mass is 16.7. The molecule has 3 heterocycles. The number of benzene rings is 2. The molecule has 1 fully saturated rings. The quantitative estimate of drug-likeness (QED) is 0.318. The van der Waals surface area contributed by atoms with Crippen LogP contribution in [0.5, 0.6) is 11.6 Å². The van der Waals surface area contributed by atoms with Gasteiger partial charge in [-0.3, -0.25) is 19.5 Å². The fourth-order valence-corrected chi connectivity index (χ4v) is 5.23. The van der Waals surface area contributed by atoms with E-state index in [2.05, 4.69) is 25.8 Å². The molecule has 2 aromatic carbocycles. The Morgan fingerprint density at radius 2 is 1.95 bits per heavy atom. The Morgan fingerprint density at radius 1 is 1.11 bits per heavy atom. The van der Waals surface area contributed by atoms with Crippen molar-refractivity contribution in [3.8, 4) is 11.6 Å². The van der Waals surface area contributed by atoms with Crippen molar-refractivity contribution in [3.05, 3.63) is 65.4 Å². The van der Waals surface area contributed by atoms with Gasteiger partial charge in [0.05, 0.1) is 32.3 Å². The molecule has 1 saturated carbocycles. The Morgan fingerprint density at radius 3 is 2.71 bits per heavy atom. The molecule has 0 unspecified atom stereocenters. The van der Waals surface area contributed by atoms with Gasteiger partial charge < -0.3 is 20.1 Å². The summed E-state index contributed by atoms with van der Waals surface area (Å²) < 4.78 is 10.8. The number of H-pyrrole nitrogens is 1. The molecule has 11 nitrogen and oxygen atoms in total. The van der Waals surface area contributed by atoms with Crippen LogP contribution in [0, 0.1) is 0 Å². The average Bonchev–Trinajstić information content (AvgIpc) is 3.50. The summed E-state index contributed by atoms with van der Waals surface area (Å²) >= 11 is 0. The van der Waals surface area contributed by atoms with E-state index >= 15 is 0 Å². The Balaban J connectivity index is 1.27. The molecule has 2 aromatic heterocycles. The lowest BCUT2D eigenvalue weighted by atomic mass is 9.91. The molecule has 38 heavy (non-hydrogen) atoms. The van der Waals surface area contributed by atoms with E-state index in [4.69, 9.17) is 14.3 Å². The van der Waals surface area contributed by atoms with Crippen LogP contribution in [0.15, 0.2) is 48.5 Å². The number of anilines is 3. The van der Waals surface area contributed by atoms with Gasteiger partial charge in [0.25, 0.3) is 5.91 Å². The molecule has 0 radical (unpaired) electrons. The lowest BCUT2D eigenvalue weighted by molar-refractivity contribution is -0.118. The summed E-state index contributed by atoms with van der Waals surface area (Å²) in [7, 11) is 6.02. The van der Waals surface area contributed by atoms with Crippen molar-refractivity contribution in [1.82, 2.24) is 20.2 Å². The van der Waals surface area contributed by atoms with Crippen LogP contribution in [-0.2, 0) is 15.0 Å². The summed E-state index contributed by atoms with van der Waals surface area (Å²) in [6.07, 6.45) is 0.732. The van der Waals surface area contributed by atoms with E-state index < -0.39 is 11.3 Å². The third kappa shape index (κ3) is 3.54. The highest BCUT2D eigenvalue weighted by Gasteiger charge is 2.65. The molecule has 4 aromatic rings. The molecule has 6 rings (SSSR count). The number of amides is 2. The maximum Gasteiger partial charge on any atom is 0.295 e. The zero-order valence-corrected chi connectivity index (χ0v) is 21.3. The zero-order chi connectivity index (χ0) is 26.6. The van der Waals surface area contributed by atoms with Crippen molar-refractivity contribution >= 4 is 39.9 Å². The lowest BCUT2D eigenvalue weighted by Gasteiger charge is -2.14. The number of fused-ring (bicyclic) bond motifs is 3. The van der Waals surface area contributed by atoms with Crippen LogP contribution in [0.25, 0.3) is 10.9 Å². The smallest absolute Gasteiger partial charge is 0.295 e. The summed E-state index contributed by atoms with van der Waals surface area (Å²) in [6.45, 7) is 0. The predicted octanol–water partition coefficient (Wildman–Crippen LogP) is 3.73. The van der Waals surface area contributed by atoms with Crippen molar-refractivity contribution in [3.63, 3.8) is 0 Å². The first-order valence-electron chi connectivity index (χ1n) is 12.0. The minimum absolute atomic E-state index is 0.0241. The van der Waals surface area contributed by atoms with E-state index in [1.807, 2.05) is 36.4 Å². The number of pyridine rings is 1. The maximum atomic E-state index is 13.0. The normalized spacial score (nSPS) is 19.3. The topological polar surface area (TPSA) is 131 Å². The number of rotatable bonds is 7. The number of nitrogens with one attached hydrogen (secondary N) is 3. The van der Waals surface area contributed by atoms with E-state index in [0.717, 1.165) is 45.0 Å². The summed E-state index contributed by atoms with van der Waals surface area (Å²) in [5.41, 5.74) is 3.87. The highest BCUT2D eigenvalue weighted by Crippen LogP contribution is 2.65. The zero-order valence-electron chi connectivity index (χ0n) is 21.3. The van der Waals surface area contributed by atoms with Crippen LogP contribution in [0.3, 0.4) is 0 Å². The standard InChI is InChI=1S/C27H26N6O5/c1-33(38-4)25(34)21-10-9-20(24(29-21)37-3)28-23-16-7-5-14(11-22(16)31-32-23)18-13-27(18)17-12-15(36-2)6-8-19(17)30-26(27)35/h5-12,18H,13H2,1-4H3,(H,30,35)(H2,28,31,32)/t18-,27-/m0/s1. The second-order valence-corrected chi connectivity index (χ2v) is 9.33. The van der Waals surface area contributed by atoms with E-state index in [0.29, 0.717) is 11.5 Å². The first kappa shape index (κ1) is 23.7. The summed E-state index contributed by atoms with van der Waals surface area (Å²) in [5, 5.41) is 15.7. The number of hydrogen-bond donors (Lipinski definition) is 3. The second-order valence-electron chi connectivity index (χ2n) is 9.33. The predicted molar refractivity (Wildman–Crippen MR) is 140 cm³/mol. The summed E-state index contributed by atoms with van der Waals surface area (Å²) in [4.78, 5) is 34.6. The Labute approximate surface area is 218 Å². The Kier molecular flexibility index (Phi) is 5.46. The van der Waals surface area contributed by atoms with Gasteiger partial charge in [-0.1, -0.05) is 6.07 Å². The lowest BCUT2D eigenvalue weighted by Crippen LogP contribution is -2.26. The van der Waals surface area contributed by atoms with E-state index in [-0.39, 0.29) is 23.4 Å². The highest BCUT2D eigenvalue weighted by molar-refractivity contribution is 6.10. The largest absolute Gasteiger partial charge is 0.497 e. The third-order valence-corrected chi connectivity index (χ3v) is 7.40. The number of carbonyl (C=O) groups is 2. The van der Waals surface area contributed by atoms with E-state index in [1.54, 1.807) is 19.2 Å². The minimum Gasteiger partial charge on any atom is -0.497 e. The van der Waals surface area contributed by atoms with E-state index in [9.17, 15) is 9.59 Å². The number of ether oxygens (including phenoxy) is 2. The number of hydrogen-bond acceptors (Lipinski definition) is 8. The maximum absolute atomic E-state index is 13.0. The van der Waals surface area contributed by atoms with Gasteiger partial charge in [0.2, 0.25) is 11.8 Å². The van der Waals surface area contributed by atoms with Gasteiger partial charge in [0, 0.05) is 24.0 Å². The van der Waals surface area contributed by atoms with Gasteiger partial charge in [0.1, 0.15) is 17.1 Å². The number of aromatic nitrogens is 3. The first-order valence-corrected chi connectivity index (χ1v) is 12.0. The molecular formula is C27H26N6O5. The van der Waals surface area contributed by atoms with Gasteiger partial charge in [-0.25, -0.2) is 10.0 Å². The van der Waals surface area contributed by atoms with E-state index in [1.165, 1.54) is 21.3 Å². The number of methoxy groups -OCH3 is 2. The monoisotopic (exact) mass is 514 g/mol. The molecule has 1 spiro atoms. The fourth-order valence-electron chi connectivity index (χ4n) is 5.23. The molecule has 1 aliphatic carbocycles. The molecule has 1 aliphatic heterocycles. The van der Waals surface area contributed by atoms with Crippen molar-refractivity contribution in [2.45, 2.75) is 17.8 Å². The van der Waals surface area contributed by atoms with Crippen LogP contribution < -0.4 is 20.1 Å². The third-order valence-electron chi connectivity index (χ3n) is 7.40. The molecule has 11 heteroatoms. The molecule has 3 N–H and O–H groups in total. The average molecular weight is 515 g/mol. The number of aromatic amines is 1. The molecule has 0 saturated heterocycles. The number of hydroxylamine groups is 2. The SMILES string of the molecule is COc1ccc2c(c1)[C@]1(C[C@H]1c1ccc3c(Nc4ccc(C(=O)N(C)OC)nc4OC)n[nH]c3c1)C(=O)N2. The van der Waals surface area contributed by atoms with Gasteiger partial charge in [-0.15, -0.1) is 0 Å². The van der Waals surface area contributed by atoms with Crippen molar-refractivity contribution < 1.29 is 23.9 Å². The van der Waals surface area contributed by atoms with Crippen LogP contribution >= 0.6 is 0 Å². The number of carbonyl (C=O) groups excluding carboxylic acids is 2. The van der Waals surface area contributed by atoms with Crippen LogP contribution in [-0.4, -0.2) is 60.4 Å². The van der Waals surface area contributed by atoms with Crippen LogP contribution in [0.1, 0.15) is 34.0 Å². The summed E-state index contributed by atoms with van der Waals surface area (Å²) in [6, 6.07) is 15.0. The van der Waals surface area contributed by atoms with Crippen LogP contribution in [0.4, 0.5) is 17.2 Å². The van der Waals surface area contributed by atoms with Gasteiger partial charge in [-0.2, -0.15) is 5.10 Å². The van der Waals surface area contributed by atoms with Crippen molar-refractivity contribution in [2.75, 3.05) is 39.0 Å². The number of nitrogens with zero attached hydrogens (tertiary/aromatic N) is 3. The van der Waals surface area contributed by atoms with Crippen molar-refractivity contribution in [2.24, 2.45) is 0 Å². The Bertz CT molecular complexity index is 1600. The summed E-state index contributed by atoms with van der Waals surface area (Å²) in [5.74, 6) is 1.24. The minimum atomic E-state index is -0.576. The molecular weight excluding hydrogens is 488 g/mol. The molecule has 194 valence electrons. The second kappa shape index (κ2) is 8.73.